The molecule has 4 aromatic rings. The van der Waals surface area contributed by atoms with Gasteiger partial charge in [-0.05, 0) is 46.7 Å². The van der Waals surface area contributed by atoms with E-state index in [9.17, 15) is 13.2 Å². The normalized spacial score (nSPS) is 16.0. The molecule has 1 fully saturated rings. The van der Waals surface area contributed by atoms with Crippen LogP contribution < -0.4 is 5.69 Å². The standard InChI is InChI=1S/C24H27N5O3S2/c1-26(2)34(31,32)27-14-12-19(13-15-27)23-25-28(24(30)29(23)22-11-6-16-33-22)17-20-9-5-8-18-7-3-4-10-21(18)20/h3-11,16,19H,12-15,17H2,1-2H3. The highest BCUT2D eigenvalue weighted by Gasteiger charge is 2.33. The number of nitrogens with zero attached hydrogens (tertiary/aromatic N) is 5. The summed E-state index contributed by atoms with van der Waals surface area (Å²) >= 11 is 1.50. The van der Waals surface area contributed by atoms with Crippen LogP contribution in [0.1, 0.15) is 30.1 Å². The van der Waals surface area contributed by atoms with Crippen molar-refractivity contribution < 1.29 is 8.42 Å². The van der Waals surface area contributed by atoms with Crippen molar-refractivity contribution in [1.82, 2.24) is 23.0 Å². The first-order valence-corrected chi connectivity index (χ1v) is 13.5. The summed E-state index contributed by atoms with van der Waals surface area (Å²) in [6.07, 6.45) is 1.23. The number of rotatable bonds is 6. The topological polar surface area (TPSA) is 80.4 Å². The summed E-state index contributed by atoms with van der Waals surface area (Å²) in [5.74, 6) is 0.701. The zero-order valence-electron chi connectivity index (χ0n) is 19.2. The second-order valence-electron chi connectivity index (χ2n) is 8.69. The molecule has 1 saturated heterocycles. The fourth-order valence-corrected chi connectivity index (χ4v) is 6.43. The van der Waals surface area contributed by atoms with Gasteiger partial charge in [-0.1, -0.05) is 42.5 Å². The van der Waals surface area contributed by atoms with E-state index in [2.05, 4.69) is 18.2 Å². The van der Waals surface area contributed by atoms with Crippen LogP contribution in [0.2, 0.25) is 0 Å². The molecule has 0 N–H and O–H groups in total. The largest absolute Gasteiger partial charge is 0.351 e. The van der Waals surface area contributed by atoms with E-state index >= 15 is 0 Å². The number of hydrogen-bond donors (Lipinski definition) is 0. The molecule has 0 bridgehead atoms. The summed E-state index contributed by atoms with van der Waals surface area (Å²) in [4.78, 5) is 13.5. The molecule has 0 unspecified atom stereocenters. The molecular formula is C24H27N5O3S2. The highest BCUT2D eigenvalue weighted by Crippen LogP contribution is 2.30. The lowest BCUT2D eigenvalue weighted by molar-refractivity contribution is 0.295. The van der Waals surface area contributed by atoms with Crippen molar-refractivity contribution in [1.29, 1.82) is 0 Å². The van der Waals surface area contributed by atoms with E-state index in [0.29, 0.717) is 38.3 Å². The SMILES string of the molecule is CN(C)S(=O)(=O)N1CCC(c2nn(Cc3cccc4ccccc34)c(=O)n2-c2cccs2)CC1. The van der Waals surface area contributed by atoms with E-state index in [4.69, 9.17) is 5.10 Å². The zero-order chi connectivity index (χ0) is 23.9. The van der Waals surface area contributed by atoms with Crippen LogP contribution in [0.5, 0.6) is 0 Å². The van der Waals surface area contributed by atoms with Crippen molar-refractivity contribution in [2.75, 3.05) is 27.2 Å². The number of aromatic nitrogens is 3. The van der Waals surface area contributed by atoms with Gasteiger partial charge in [-0.3, -0.25) is 0 Å². The van der Waals surface area contributed by atoms with Gasteiger partial charge in [0.25, 0.3) is 10.2 Å². The number of fused-ring (bicyclic) bond motifs is 1. The van der Waals surface area contributed by atoms with Gasteiger partial charge in [0.2, 0.25) is 0 Å². The van der Waals surface area contributed by atoms with Crippen LogP contribution in [0, 0.1) is 0 Å². The molecule has 0 saturated carbocycles. The van der Waals surface area contributed by atoms with Crippen LogP contribution in [-0.2, 0) is 16.8 Å². The van der Waals surface area contributed by atoms with E-state index in [0.717, 1.165) is 21.3 Å². The minimum atomic E-state index is -3.45. The summed E-state index contributed by atoms with van der Waals surface area (Å²) in [6, 6.07) is 18.1. The van der Waals surface area contributed by atoms with Crippen LogP contribution in [0.15, 0.2) is 64.8 Å². The third kappa shape index (κ3) is 4.11. The fourth-order valence-electron chi connectivity index (χ4n) is 4.56. The van der Waals surface area contributed by atoms with Crippen molar-refractivity contribution in [3.63, 3.8) is 0 Å². The Morgan fingerprint density at radius 2 is 1.76 bits per heavy atom. The Labute approximate surface area is 202 Å². The molecule has 1 aliphatic heterocycles. The number of piperidine rings is 1. The summed E-state index contributed by atoms with van der Waals surface area (Å²) in [5.41, 5.74) is 0.864. The van der Waals surface area contributed by atoms with Crippen LogP contribution in [0.25, 0.3) is 15.8 Å². The minimum absolute atomic E-state index is 0.00261. The number of benzene rings is 2. The third-order valence-electron chi connectivity index (χ3n) is 6.40. The van der Waals surface area contributed by atoms with Gasteiger partial charge in [0.15, 0.2) is 0 Å². The maximum Gasteiger partial charge on any atom is 0.351 e. The Kier molecular flexibility index (Phi) is 6.15. The molecule has 0 aliphatic carbocycles. The van der Waals surface area contributed by atoms with Crippen molar-refractivity contribution in [2.45, 2.75) is 25.3 Å². The first-order valence-electron chi connectivity index (χ1n) is 11.2. The van der Waals surface area contributed by atoms with Gasteiger partial charge in [-0.25, -0.2) is 14.0 Å². The van der Waals surface area contributed by atoms with Crippen molar-refractivity contribution in [3.05, 3.63) is 81.8 Å². The third-order valence-corrected chi connectivity index (χ3v) is 9.19. The molecule has 0 atom stereocenters. The first kappa shape index (κ1) is 23.0. The van der Waals surface area contributed by atoms with Crippen molar-refractivity contribution >= 4 is 32.3 Å². The predicted molar refractivity (Wildman–Crippen MR) is 135 cm³/mol. The van der Waals surface area contributed by atoms with E-state index in [1.165, 1.54) is 19.9 Å². The molecule has 2 aromatic carbocycles. The molecule has 8 nitrogen and oxygen atoms in total. The zero-order valence-corrected chi connectivity index (χ0v) is 20.8. The molecular weight excluding hydrogens is 470 g/mol. The summed E-state index contributed by atoms with van der Waals surface area (Å²) < 4.78 is 31.1. The predicted octanol–water partition coefficient (Wildman–Crippen LogP) is 3.28. The van der Waals surface area contributed by atoms with Crippen LogP contribution >= 0.6 is 11.3 Å². The van der Waals surface area contributed by atoms with Crippen LogP contribution in [0.3, 0.4) is 0 Å². The van der Waals surface area contributed by atoms with Gasteiger partial charge >= 0.3 is 5.69 Å². The van der Waals surface area contributed by atoms with Crippen LogP contribution in [-0.4, -0.2) is 58.6 Å². The molecule has 2 aromatic heterocycles. The first-order chi connectivity index (χ1) is 16.4. The number of hydrogen-bond acceptors (Lipinski definition) is 5. The monoisotopic (exact) mass is 497 g/mol. The number of thiophene rings is 1. The van der Waals surface area contributed by atoms with Crippen molar-refractivity contribution in [3.8, 4) is 5.00 Å². The summed E-state index contributed by atoms with van der Waals surface area (Å²) in [6.45, 7) is 1.18. The Balaban J connectivity index is 1.50. The minimum Gasteiger partial charge on any atom is -0.246 e. The maximum atomic E-state index is 13.5. The van der Waals surface area contributed by atoms with Crippen LogP contribution in [0.4, 0.5) is 0 Å². The molecule has 10 heteroatoms. The highest BCUT2D eigenvalue weighted by atomic mass is 32.2. The molecule has 1 aliphatic rings. The molecule has 34 heavy (non-hydrogen) atoms. The van der Waals surface area contributed by atoms with E-state index in [-0.39, 0.29) is 11.6 Å². The molecule has 5 rings (SSSR count). The Morgan fingerprint density at radius 3 is 2.47 bits per heavy atom. The summed E-state index contributed by atoms with van der Waals surface area (Å²) in [7, 11) is -0.356. The Hall–Kier alpha value is -2.79. The lowest BCUT2D eigenvalue weighted by atomic mass is 9.97. The average Bonchev–Trinajstić information content (AvgIpc) is 3.47. The lowest BCUT2D eigenvalue weighted by Gasteiger charge is -2.32. The van der Waals surface area contributed by atoms with Gasteiger partial charge < -0.3 is 0 Å². The van der Waals surface area contributed by atoms with Gasteiger partial charge in [0.05, 0.1) is 6.54 Å². The van der Waals surface area contributed by atoms with Gasteiger partial charge in [-0.2, -0.15) is 22.1 Å². The molecule has 178 valence electrons. The van der Waals surface area contributed by atoms with Gasteiger partial charge in [0.1, 0.15) is 10.8 Å². The smallest absolute Gasteiger partial charge is 0.246 e. The summed E-state index contributed by atoms with van der Waals surface area (Å²) in [5, 5.41) is 9.81. The lowest BCUT2D eigenvalue weighted by Crippen LogP contribution is -2.44. The molecule has 0 radical (unpaired) electrons. The molecule has 0 spiro atoms. The van der Waals surface area contributed by atoms with Gasteiger partial charge in [-0.15, -0.1) is 11.3 Å². The quantitative estimate of drug-likeness (QED) is 0.410. The van der Waals surface area contributed by atoms with Gasteiger partial charge in [0, 0.05) is 33.1 Å². The van der Waals surface area contributed by atoms with E-state index in [1.54, 1.807) is 23.3 Å². The highest BCUT2D eigenvalue weighted by molar-refractivity contribution is 7.86. The molecule has 3 heterocycles. The second-order valence-corrected chi connectivity index (χ2v) is 11.8. The fraction of sp³-hybridized carbons (Fsp3) is 0.333. The Bertz CT molecular complexity index is 1460. The average molecular weight is 498 g/mol. The second kappa shape index (κ2) is 9.10. The van der Waals surface area contributed by atoms with E-state index in [1.807, 2.05) is 41.8 Å². The maximum absolute atomic E-state index is 13.5. The Morgan fingerprint density at radius 1 is 1.03 bits per heavy atom. The molecule has 0 amide bonds. The van der Waals surface area contributed by atoms with Crippen molar-refractivity contribution in [2.24, 2.45) is 0 Å². The van der Waals surface area contributed by atoms with E-state index < -0.39 is 10.2 Å².